The summed E-state index contributed by atoms with van der Waals surface area (Å²) < 4.78 is 5.58. The fraction of sp³-hybridized carbons (Fsp3) is 0.583. The van der Waals surface area contributed by atoms with Gasteiger partial charge < -0.3 is 20.7 Å². The van der Waals surface area contributed by atoms with Crippen molar-refractivity contribution in [2.45, 2.75) is 19.9 Å². The average Bonchev–Trinajstić information content (AvgIpc) is 2.43. The van der Waals surface area contributed by atoms with Gasteiger partial charge in [-0.3, -0.25) is 4.79 Å². The van der Waals surface area contributed by atoms with Crippen molar-refractivity contribution in [3.63, 3.8) is 0 Å². The monoisotopic (exact) mass is 345 g/mol. The molecule has 112 valence electrons. The lowest BCUT2D eigenvalue weighted by atomic mass is 10.3. The highest BCUT2D eigenvalue weighted by molar-refractivity contribution is 9.10. The second-order valence-corrected chi connectivity index (χ2v) is 4.92. The van der Waals surface area contributed by atoms with E-state index >= 15 is 0 Å². The number of ether oxygens (including phenoxy) is 1. The van der Waals surface area contributed by atoms with Crippen LogP contribution in [0.2, 0.25) is 0 Å². The SMILES string of the molecule is CCNc1ncc(Br)c(NC(C)C(=O)NCCOC)n1. The molecular formula is C12H20BrN5O2. The second-order valence-electron chi connectivity index (χ2n) is 4.07. The van der Waals surface area contributed by atoms with Crippen molar-refractivity contribution in [2.24, 2.45) is 0 Å². The third-order valence-electron chi connectivity index (χ3n) is 2.43. The molecule has 0 aliphatic rings. The van der Waals surface area contributed by atoms with Gasteiger partial charge in [-0.1, -0.05) is 0 Å². The minimum Gasteiger partial charge on any atom is -0.383 e. The number of halogens is 1. The van der Waals surface area contributed by atoms with E-state index in [1.54, 1.807) is 20.2 Å². The lowest BCUT2D eigenvalue weighted by molar-refractivity contribution is -0.121. The molecule has 0 saturated carbocycles. The van der Waals surface area contributed by atoms with Crippen LogP contribution in [0, 0.1) is 0 Å². The van der Waals surface area contributed by atoms with Gasteiger partial charge in [-0.05, 0) is 29.8 Å². The summed E-state index contributed by atoms with van der Waals surface area (Å²) in [6.07, 6.45) is 1.64. The Kier molecular flexibility index (Phi) is 7.24. The van der Waals surface area contributed by atoms with Crippen molar-refractivity contribution < 1.29 is 9.53 Å². The zero-order valence-electron chi connectivity index (χ0n) is 11.9. The Morgan fingerprint density at radius 3 is 2.95 bits per heavy atom. The van der Waals surface area contributed by atoms with Crippen molar-refractivity contribution in [3.05, 3.63) is 10.7 Å². The predicted molar refractivity (Wildman–Crippen MR) is 81.9 cm³/mol. The quantitative estimate of drug-likeness (QED) is 0.614. The van der Waals surface area contributed by atoms with Gasteiger partial charge >= 0.3 is 0 Å². The van der Waals surface area contributed by atoms with E-state index in [1.165, 1.54) is 0 Å². The highest BCUT2D eigenvalue weighted by Gasteiger charge is 2.14. The number of amides is 1. The van der Waals surface area contributed by atoms with E-state index in [1.807, 2.05) is 6.92 Å². The van der Waals surface area contributed by atoms with E-state index in [4.69, 9.17) is 4.74 Å². The molecule has 1 heterocycles. The fourth-order valence-corrected chi connectivity index (χ4v) is 1.72. The number of carbonyl (C=O) groups excluding carboxylic acids is 1. The summed E-state index contributed by atoms with van der Waals surface area (Å²) >= 11 is 3.36. The maximum absolute atomic E-state index is 11.8. The Bertz CT molecular complexity index is 444. The molecule has 0 aliphatic carbocycles. The van der Waals surface area contributed by atoms with Gasteiger partial charge in [0, 0.05) is 26.4 Å². The maximum Gasteiger partial charge on any atom is 0.242 e. The molecule has 7 nitrogen and oxygen atoms in total. The number of hydrogen-bond donors (Lipinski definition) is 3. The molecule has 0 saturated heterocycles. The van der Waals surface area contributed by atoms with E-state index in [-0.39, 0.29) is 5.91 Å². The minimum atomic E-state index is -0.410. The largest absolute Gasteiger partial charge is 0.383 e. The topological polar surface area (TPSA) is 88.2 Å². The van der Waals surface area contributed by atoms with Crippen molar-refractivity contribution in [1.82, 2.24) is 15.3 Å². The molecule has 1 rings (SSSR count). The summed E-state index contributed by atoms with van der Waals surface area (Å²) in [4.78, 5) is 20.3. The molecule has 1 atom stereocenters. The van der Waals surface area contributed by atoms with Gasteiger partial charge in [-0.25, -0.2) is 4.98 Å². The van der Waals surface area contributed by atoms with E-state index in [0.29, 0.717) is 29.4 Å². The van der Waals surface area contributed by atoms with Crippen molar-refractivity contribution in [2.75, 3.05) is 37.4 Å². The van der Waals surface area contributed by atoms with Crippen LogP contribution in [-0.4, -0.2) is 48.7 Å². The summed E-state index contributed by atoms with van der Waals surface area (Å²) in [6.45, 7) is 5.43. The molecule has 8 heteroatoms. The van der Waals surface area contributed by atoms with Crippen molar-refractivity contribution in [3.8, 4) is 0 Å². The Hall–Kier alpha value is -1.41. The molecule has 0 radical (unpaired) electrons. The molecule has 1 unspecified atom stereocenters. The van der Waals surface area contributed by atoms with Gasteiger partial charge in [0.05, 0.1) is 11.1 Å². The standard InChI is InChI=1S/C12H20BrN5O2/c1-4-14-12-16-7-9(13)10(18-12)17-8(2)11(19)15-5-6-20-3/h7-8H,4-6H2,1-3H3,(H,15,19)(H2,14,16,17,18). The lowest BCUT2D eigenvalue weighted by Crippen LogP contribution is -2.39. The molecule has 1 aromatic heterocycles. The number of hydrogen-bond acceptors (Lipinski definition) is 6. The highest BCUT2D eigenvalue weighted by Crippen LogP contribution is 2.20. The summed E-state index contributed by atoms with van der Waals surface area (Å²) in [5, 5.41) is 8.83. The van der Waals surface area contributed by atoms with Crippen LogP contribution in [0.25, 0.3) is 0 Å². The Balaban J connectivity index is 2.62. The van der Waals surface area contributed by atoms with Crippen LogP contribution in [0.5, 0.6) is 0 Å². The summed E-state index contributed by atoms with van der Waals surface area (Å²) in [5.74, 6) is 0.980. The first-order valence-corrected chi connectivity index (χ1v) is 7.17. The van der Waals surface area contributed by atoms with Gasteiger partial charge in [0.1, 0.15) is 11.9 Å². The molecule has 1 aromatic rings. The number of rotatable bonds is 8. The van der Waals surface area contributed by atoms with Gasteiger partial charge in [-0.2, -0.15) is 4.98 Å². The molecule has 3 N–H and O–H groups in total. The molecule has 20 heavy (non-hydrogen) atoms. The predicted octanol–water partition coefficient (Wildman–Crippen LogP) is 1.23. The van der Waals surface area contributed by atoms with Crippen LogP contribution in [0.1, 0.15) is 13.8 Å². The minimum absolute atomic E-state index is 0.113. The zero-order chi connectivity index (χ0) is 15.0. The van der Waals surface area contributed by atoms with Crippen LogP contribution in [0.3, 0.4) is 0 Å². The Labute approximate surface area is 127 Å². The van der Waals surface area contributed by atoms with Crippen LogP contribution in [0.15, 0.2) is 10.7 Å². The van der Waals surface area contributed by atoms with Crippen LogP contribution >= 0.6 is 15.9 Å². The third-order valence-corrected chi connectivity index (χ3v) is 3.01. The van der Waals surface area contributed by atoms with Crippen LogP contribution in [0.4, 0.5) is 11.8 Å². The number of aromatic nitrogens is 2. The first-order valence-electron chi connectivity index (χ1n) is 6.38. The number of anilines is 2. The molecule has 1 amide bonds. The molecular weight excluding hydrogens is 326 g/mol. The molecule has 0 aromatic carbocycles. The average molecular weight is 346 g/mol. The number of carbonyl (C=O) groups is 1. The second kappa shape index (κ2) is 8.70. The van der Waals surface area contributed by atoms with Gasteiger partial charge in [-0.15, -0.1) is 0 Å². The zero-order valence-corrected chi connectivity index (χ0v) is 13.5. The van der Waals surface area contributed by atoms with Gasteiger partial charge in [0.25, 0.3) is 0 Å². The van der Waals surface area contributed by atoms with Crippen molar-refractivity contribution >= 4 is 33.6 Å². The van der Waals surface area contributed by atoms with Crippen LogP contribution < -0.4 is 16.0 Å². The van der Waals surface area contributed by atoms with Crippen molar-refractivity contribution in [1.29, 1.82) is 0 Å². The summed E-state index contributed by atoms with van der Waals surface area (Å²) in [5.41, 5.74) is 0. The number of nitrogens with one attached hydrogen (secondary N) is 3. The van der Waals surface area contributed by atoms with E-state index in [9.17, 15) is 4.79 Å². The molecule has 0 bridgehead atoms. The molecule has 0 aliphatic heterocycles. The summed E-state index contributed by atoms with van der Waals surface area (Å²) in [7, 11) is 1.59. The number of nitrogens with zero attached hydrogens (tertiary/aromatic N) is 2. The normalized spacial score (nSPS) is 11.8. The fourth-order valence-electron chi connectivity index (χ4n) is 1.41. The third kappa shape index (κ3) is 5.30. The first kappa shape index (κ1) is 16.6. The maximum atomic E-state index is 11.8. The highest BCUT2D eigenvalue weighted by atomic mass is 79.9. The van der Waals surface area contributed by atoms with Gasteiger partial charge in [0.15, 0.2) is 0 Å². The Morgan fingerprint density at radius 1 is 1.55 bits per heavy atom. The van der Waals surface area contributed by atoms with Crippen LogP contribution in [-0.2, 0) is 9.53 Å². The lowest BCUT2D eigenvalue weighted by Gasteiger charge is -2.16. The molecule has 0 fully saturated rings. The number of methoxy groups -OCH3 is 1. The summed E-state index contributed by atoms with van der Waals surface area (Å²) in [6, 6.07) is -0.410. The molecule has 0 spiro atoms. The first-order chi connectivity index (χ1) is 9.58. The Morgan fingerprint density at radius 2 is 2.30 bits per heavy atom. The van der Waals surface area contributed by atoms with E-state index in [0.717, 1.165) is 6.54 Å². The smallest absolute Gasteiger partial charge is 0.242 e. The van der Waals surface area contributed by atoms with Gasteiger partial charge in [0.2, 0.25) is 11.9 Å². The van der Waals surface area contributed by atoms with E-state index in [2.05, 4.69) is 41.8 Å². The van der Waals surface area contributed by atoms with E-state index < -0.39 is 6.04 Å².